The van der Waals surface area contributed by atoms with Crippen molar-refractivity contribution in [2.24, 2.45) is 0 Å². The summed E-state index contributed by atoms with van der Waals surface area (Å²) >= 11 is 3.33. The van der Waals surface area contributed by atoms with E-state index < -0.39 is 0 Å². The van der Waals surface area contributed by atoms with Crippen LogP contribution in [0.3, 0.4) is 0 Å². The van der Waals surface area contributed by atoms with Gasteiger partial charge >= 0.3 is 0 Å². The first-order valence-electron chi connectivity index (χ1n) is 6.67. The molecule has 0 unspecified atom stereocenters. The zero-order valence-electron chi connectivity index (χ0n) is 11.1. The lowest BCUT2D eigenvalue weighted by Crippen LogP contribution is -2.43. The molecule has 19 heavy (non-hydrogen) atoms. The van der Waals surface area contributed by atoms with Crippen LogP contribution in [-0.2, 0) is 6.54 Å². The minimum absolute atomic E-state index is 0.139. The van der Waals surface area contributed by atoms with Crippen molar-refractivity contribution in [1.29, 1.82) is 0 Å². The monoisotopic (exact) mass is 326 g/mol. The number of nitro benzene ring substituents is 1. The van der Waals surface area contributed by atoms with Gasteiger partial charge in [0, 0.05) is 28.7 Å². The summed E-state index contributed by atoms with van der Waals surface area (Å²) in [5, 5.41) is 14.4. The van der Waals surface area contributed by atoms with Crippen molar-refractivity contribution >= 4 is 21.6 Å². The van der Waals surface area contributed by atoms with Crippen molar-refractivity contribution in [3.63, 3.8) is 0 Å². The summed E-state index contributed by atoms with van der Waals surface area (Å²) in [5.41, 5.74) is 1.27. The summed E-state index contributed by atoms with van der Waals surface area (Å²) in [6, 6.07) is 5.11. The third-order valence-electron chi connectivity index (χ3n) is 3.83. The summed E-state index contributed by atoms with van der Waals surface area (Å²) in [6.45, 7) is 2.93. The van der Waals surface area contributed by atoms with Gasteiger partial charge < -0.3 is 5.32 Å². The average molecular weight is 327 g/mol. The Balaban J connectivity index is 2.04. The topological polar surface area (TPSA) is 55.2 Å². The maximum absolute atomic E-state index is 10.8. The Morgan fingerprint density at radius 3 is 2.63 bits per heavy atom. The van der Waals surface area contributed by atoms with Gasteiger partial charge in [-0.25, -0.2) is 0 Å². The quantitative estimate of drug-likeness (QED) is 0.667. The molecule has 0 atom stereocenters. The van der Waals surface area contributed by atoms with Crippen molar-refractivity contribution in [2.75, 3.05) is 0 Å². The molecule has 2 rings (SSSR count). The summed E-state index contributed by atoms with van der Waals surface area (Å²) < 4.78 is 0.757. The predicted molar refractivity (Wildman–Crippen MR) is 79.1 cm³/mol. The molecular weight excluding hydrogens is 308 g/mol. The van der Waals surface area contributed by atoms with Gasteiger partial charge in [0.2, 0.25) is 0 Å². The Morgan fingerprint density at radius 1 is 1.32 bits per heavy atom. The van der Waals surface area contributed by atoms with E-state index in [1.165, 1.54) is 38.2 Å². The molecule has 0 heterocycles. The van der Waals surface area contributed by atoms with E-state index in [4.69, 9.17) is 0 Å². The van der Waals surface area contributed by atoms with Crippen molar-refractivity contribution in [1.82, 2.24) is 5.32 Å². The van der Waals surface area contributed by atoms with Crippen LogP contribution >= 0.6 is 15.9 Å². The summed E-state index contributed by atoms with van der Waals surface area (Å²) in [5.74, 6) is 0. The first kappa shape index (κ1) is 14.5. The second kappa shape index (κ2) is 6.01. The number of nitro groups is 1. The lowest BCUT2D eigenvalue weighted by Gasteiger charge is -2.34. The van der Waals surface area contributed by atoms with Gasteiger partial charge in [-0.3, -0.25) is 10.1 Å². The molecule has 4 nitrogen and oxygen atoms in total. The van der Waals surface area contributed by atoms with Crippen LogP contribution in [0, 0.1) is 10.1 Å². The molecule has 1 aliphatic rings. The van der Waals surface area contributed by atoms with E-state index in [0.29, 0.717) is 6.54 Å². The Kier molecular flexibility index (Phi) is 4.58. The number of rotatable bonds is 4. The molecule has 0 amide bonds. The molecule has 104 valence electrons. The van der Waals surface area contributed by atoms with E-state index in [1.807, 2.05) is 6.07 Å². The molecule has 0 saturated heterocycles. The lowest BCUT2D eigenvalue weighted by molar-refractivity contribution is -0.385. The summed E-state index contributed by atoms with van der Waals surface area (Å²) in [6.07, 6.45) is 6.22. The van der Waals surface area contributed by atoms with Crippen LogP contribution in [0.4, 0.5) is 5.69 Å². The number of benzene rings is 1. The minimum atomic E-state index is -0.351. The molecule has 1 aliphatic carbocycles. The first-order valence-corrected chi connectivity index (χ1v) is 7.47. The fraction of sp³-hybridized carbons (Fsp3) is 0.571. The van der Waals surface area contributed by atoms with Crippen LogP contribution in [0.25, 0.3) is 0 Å². The second-order valence-electron chi connectivity index (χ2n) is 5.55. The van der Waals surface area contributed by atoms with Crippen molar-refractivity contribution in [2.45, 2.75) is 51.1 Å². The van der Waals surface area contributed by atoms with Crippen LogP contribution in [0.1, 0.15) is 44.6 Å². The molecule has 0 aromatic heterocycles. The highest BCUT2D eigenvalue weighted by atomic mass is 79.9. The lowest BCUT2D eigenvalue weighted by atomic mass is 9.83. The molecule has 1 N–H and O–H groups in total. The summed E-state index contributed by atoms with van der Waals surface area (Å²) in [7, 11) is 0. The molecule has 0 spiro atoms. The molecule has 1 aromatic carbocycles. The molecule has 1 aromatic rings. The van der Waals surface area contributed by atoms with Gasteiger partial charge in [0.15, 0.2) is 0 Å². The van der Waals surface area contributed by atoms with Crippen molar-refractivity contribution in [3.8, 4) is 0 Å². The Hall–Kier alpha value is -0.940. The Labute approximate surface area is 121 Å². The van der Waals surface area contributed by atoms with Gasteiger partial charge in [0.1, 0.15) is 0 Å². The van der Waals surface area contributed by atoms with E-state index in [2.05, 4.69) is 28.2 Å². The fourth-order valence-electron chi connectivity index (χ4n) is 2.67. The molecule has 0 radical (unpaired) electrons. The summed E-state index contributed by atoms with van der Waals surface area (Å²) in [4.78, 5) is 10.5. The van der Waals surface area contributed by atoms with Crippen LogP contribution < -0.4 is 5.32 Å². The van der Waals surface area contributed by atoms with Gasteiger partial charge in [0.25, 0.3) is 5.69 Å². The molecule has 5 heteroatoms. The van der Waals surface area contributed by atoms with Crippen LogP contribution in [0.2, 0.25) is 0 Å². The maximum Gasteiger partial charge on any atom is 0.270 e. The molecule has 1 fully saturated rings. The highest BCUT2D eigenvalue weighted by molar-refractivity contribution is 9.10. The smallest absolute Gasteiger partial charge is 0.270 e. The average Bonchev–Trinajstić information content (AvgIpc) is 2.37. The Morgan fingerprint density at radius 2 is 2.00 bits per heavy atom. The Bertz CT molecular complexity index is 471. The molecular formula is C14H19BrN2O2. The highest BCUT2D eigenvalue weighted by Crippen LogP contribution is 2.28. The number of nitrogens with one attached hydrogen (secondary N) is 1. The third-order valence-corrected chi connectivity index (χ3v) is 4.29. The SMILES string of the molecule is CC1(NCc2cc(Br)cc([N+](=O)[O-])c2)CCCCC1. The van der Waals surface area contributed by atoms with Gasteiger partial charge in [0.05, 0.1) is 4.92 Å². The zero-order chi connectivity index (χ0) is 13.9. The number of hydrogen-bond acceptors (Lipinski definition) is 3. The van der Waals surface area contributed by atoms with Gasteiger partial charge in [-0.15, -0.1) is 0 Å². The number of halogens is 1. The van der Waals surface area contributed by atoms with Crippen molar-refractivity contribution in [3.05, 3.63) is 38.3 Å². The number of non-ortho nitro benzene ring substituents is 1. The van der Waals surface area contributed by atoms with Crippen LogP contribution in [0.15, 0.2) is 22.7 Å². The predicted octanol–water partition coefficient (Wildman–Crippen LogP) is 4.17. The zero-order valence-corrected chi connectivity index (χ0v) is 12.7. The fourth-order valence-corrected chi connectivity index (χ4v) is 3.19. The number of hydrogen-bond donors (Lipinski definition) is 1. The van der Waals surface area contributed by atoms with Crippen LogP contribution in [-0.4, -0.2) is 10.5 Å². The molecule has 0 aliphatic heterocycles. The van der Waals surface area contributed by atoms with Crippen molar-refractivity contribution < 1.29 is 4.92 Å². The first-order chi connectivity index (χ1) is 8.98. The van der Waals surface area contributed by atoms with Gasteiger partial charge in [-0.05, 0) is 31.4 Å². The van der Waals surface area contributed by atoms with Crippen LogP contribution in [0.5, 0.6) is 0 Å². The molecule has 0 bridgehead atoms. The largest absolute Gasteiger partial charge is 0.307 e. The normalized spacial score (nSPS) is 18.2. The second-order valence-corrected chi connectivity index (χ2v) is 6.47. The van der Waals surface area contributed by atoms with Gasteiger partial charge in [-0.1, -0.05) is 35.2 Å². The minimum Gasteiger partial charge on any atom is -0.307 e. The maximum atomic E-state index is 10.8. The molecule has 1 saturated carbocycles. The van der Waals surface area contributed by atoms with E-state index in [-0.39, 0.29) is 16.1 Å². The van der Waals surface area contributed by atoms with E-state index in [0.717, 1.165) is 10.0 Å². The van der Waals surface area contributed by atoms with E-state index in [9.17, 15) is 10.1 Å². The number of nitrogens with zero attached hydrogens (tertiary/aromatic N) is 1. The highest BCUT2D eigenvalue weighted by Gasteiger charge is 2.25. The third kappa shape index (κ3) is 4.01. The standard InChI is InChI=1S/C14H19BrN2O2/c1-14(5-3-2-4-6-14)16-10-11-7-12(15)9-13(8-11)17(18)19/h7-9,16H,2-6,10H2,1H3. The van der Waals surface area contributed by atoms with E-state index in [1.54, 1.807) is 6.07 Å². The van der Waals surface area contributed by atoms with E-state index >= 15 is 0 Å². The van der Waals surface area contributed by atoms with Gasteiger partial charge in [-0.2, -0.15) is 0 Å².